The van der Waals surface area contributed by atoms with Crippen LogP contribution >= 0.6 is 0 Å². The maximum absolute atomic E-state index is 13.5. The third-order valence-corrected chi connectivity index (χ3v) is 3.85. The summed E-state index contributed by atoms with van der Waals surface area (Å²) in [6.45, 7) is 2.16. The van der Waals surface area contributed by atoms with Crippen LogP contribution in [0.15, 0.2) is 24.3 Å². The second-order valence-corrected chi connectivity index (χ2v) is 5.23. The summed E-state index contributed by atoms with van der Waals surface area (Å²) in [7, 11) is 1.42. The molecule has 4 nitrogen and oxygen atoms in total. The van der Waals surface area contributed by atoms with Gasteiger partial charge in [-0.2, -0.15) is 0 Å². The van der Waals surface area contributed by atoms with E-state index in [1.165, 1.54) is 19.3 Å². The van der Waals surface area contributed by atoms with E-state index < -0.39 is 5.82 Å². The first kappa shape index (κ1) is 15.5. The second-order valence-electron chi connectivity index (χ2n) is 5.23. The summed E-state index contributed by atoms with van der Waals surface area (Å²) >= 11 is 0. The molecule has 2 N–H and O–H groups in total. The molecule has 1 amide bonds. The molecule has 0 unspecified atom stereocenters. The first-order valence-corrected chi connectivity index (χ1v) is 7.14. The number of piperidine rings is 1. The first-order chi connectivity index (χ1) is 10.1. The highest BCUT2D eigenvalue weighted by Gasteiger charge is 2.20. The maximum Gasteiger partial charge on any atom is 0.246 e. The van der Waals surface area contributed by atoms with Crippen molar-refractivity contribution >= 4 is 12.0 Å². The van der Waals surface area contributed by atoms with E-state index >= 15 is 0 Å². The lowest BCUT2D eigenvalue weighted by atomic mass is 9.97. The van der Waals surface area contributed by atoms with Gasteiger partial charge in [0.2, 0.25) is 5.91 Å². The number of carbonyl (C=O) groups is 1. The van der Waals surface area contributed by atoms with E-state index in [9.17, 15) is 9.18 Å². The van der Waals surface area contributed by atoms with Crippen LogP contribution in [0.4, 0.5) is 4.39 Å². The minimum atomic E-state index is -0.434. The molecule has 0 saturated carbocycles. The van der Waals surface area contributed by atoms with Gasteiger partial charge in [0.25, 0.3) is 0 Å². The van der Waals surface area contributed by atoms with Gasteiger partial charge in [-0.1, -0.05) is 6.07 Å². The molecule has 0 aromatic heterocycles. The van der Waals surface area contributed by atoms with Gasteiger partial charge in [0.15, 0.2) is 11.6 Å². The molecule has 0 spiro atoms. The van der Waals surface area contributed by atoms with Crippen molar-refractivity contribution in [1.82, 2.24) is 4.90 Å². The first-order valence-electron chi connectivity index (χ1n) is 7.14. The summed E-state index contributed by atoms with van der Waals surface area (Å²) in [4.78, 5) is 13.9. The van der Waals surface area contributed by atoms with Crippen molar-refractivity contribution in [3.63, 3.8) is 0 Å². The molecule has 0 aliphatic carbocycles. The molecule has 1 aliphatic rings. The van der Waals surface area contributed by atoms with Crippen LogP contribution in [-0.2, 0) is 4.79 Å². The van der Waals surface area contributed by atoms with Gasteiger partial charge in [-0.05, 0) is 49.1 Å². The van der Waals surface area contributed by atoms with E-state index in [-0.39, 0.29) is 11.7 Å². The molecule has 1 aliphatic heterocycles. The fraction of sp³-hybridized carbons (Fsp3) is 0.438. The molecule has 0 atom stereocenters. The average molecular weight is 292 g/mol. The Labute approximate surface area is 124 Å². The maximum atomic E-state index is 13.5. The topological polar surface area (TPSA) is 55.6 Å². The Morgan fingerprint density at radius 3 is 2.76 bits per heavy atom. The van der Waals surface area contributed by atoms with Gasteiger partial charge in [-0.25, -0.2) is 4.39 Å². The Balaban J connectivity index is 1.94. The van der Waals surface area contributed by atoms with Crippen molar-refractivity contribution < 1.29 is 13.9 Å². The number of likely N-dealkylation sites (tertiary alicyclic amines) is 1. The molecule has 0 bridgehead atoms. The number of hydrogen-bond acceptors (Lipinski definition) is 3. The lowest BCUT2D eigenvalue weighted by molar-refractivity contribution is -0.127. The van der Waals surface area contributed by atoms with Crippen LogP contribution < -0.4 is 10.5 Å². The molecule has 21 heavy (non-hydrogen) atoms. The third-order valence-electron chi connectivity index (χ3n) is 3.85. The number of benzene rings is 1. The highest BCUT2D eigenvalue weighted by atomic mass is 19.1. The Bertz CT molecular complexity index is 523. The lowest BCUT2D eigenvalue weighted by Crippen LogP contribution is -2.39. The monoisotopic (exact) mass is 292 g/mol. The Hall–Kier alpha value is -1.88. The summed E-state index contributed by atoms with van der Waals surface area (Å²) in [5.41, 5.74) is 6.27. The van der Waals surface area contributed by atoms with Crippen LogP contribution in [0.1, 0.15) is 18.4 Å². The molecule has 114 valence electrons. The average Bonchev–Trinajstić information content (AvgIpc) is 2.52. The largest absolute Gasteiger partial charge is 0.494 e. The number of halogens is 1. The summed E-state index contributed by atoms with van der Waals surface area (Å²) in [6, 6.07) is 4.61. The van der Waals surface area contributed by atoms with Gasteiger partial charge < -0.3 is 15.4 Å². The van der Waals surface area contributed by atoms with Gasteiger partial charge in [-0.15, -0.1) is 0 Å². The third kappa shape index (κ3) is 4.04. The van der Waals surface area contributed by atoms with Crippen molar-refractivity contribution in [2.24, 2.45) is 11.7 Å². The zero-order chi connectivity index (χ0) is 15.2. The minimum Gasteiger partial charge on any atom is -0.494 e. The SMILES string of the molecule is COc1ccc(C=CC(=O)N2CCC(CN)CC2)cc1F. The molecule has 1 heterocycles. The van der Waals surface area contributed by atoms with Gasteiger partial charge >= 0.3 is 0 Å². The fourth-order valence-corrected chi connectivity index (χ4v) is 2.45. The Morgan fingerprint density at radius 2 is 2.19 bits per heavy atom. The number of nitrogens with zero attached hydrogens (tertiary/aromatic N) is 1. The number of carbonyl (C=O) groups excluding carboxylic acids is 1. The zero-order valence-electron chi connectivity index (χ0n) is 12.2. The molecular weight excluding hydrogens is 271 g/mol. The van der Waals surface area contributed by atoms with E-state index in [1.807, 2.05) is 4.90 Å². The molecule has 2 rings (SSSR count). The van der Waals surface area contributed by atoms with Crippen molar-refractivity contribution in [3.05, 3.63) is 35.7 Å². The highest BCUT2D eigenvalue weighted by molar-refractivity contribution is 5.91. The van der Waals surface area contributed by atoms with E-state index in [0.29, 0.717) is 18.0 Å². The van der Waals surface area contributed by atoms with Crippen molar-refractivity contribution in [2.45, 2.75) is 12.8 Å². The van der Waals surface area contributed by atoms with E-state index in [1.54, 1.807) is 18.2 Å². The molecule has 1 saturated heterocycles. The Kier molecular flexibility index (Phi) is 5.33. The van der Waals surface area contributed by atoms with Gasteiger partial charge in [-0.3, -0.25) is 4.79 Å². The Morgan fingerprint density at radius 1 is 1.48 bits per heavy atom. The van der Waals surface area contributed by atoms with Crippen molar-refractivity contribution in [2.75, 3.05) is 26.7 Å². The quantitative estimate of drug-likeness (QED) is 0.864. The molecule has 5 heteroatoms. The molecular formula is C16H21FN2O2. The number of amides is 1. The number of rotatable bonds is 4. The van der Waals surface area contributed by atoms with Crippen molar-refractivity contribution in [3.8, 4) is 5.75 Å². The highest BCUT2D eigenvalue weighted by Crippen LogP contribution is 2.19. The van der Waals surface area contributed by atoms with Crippen LogP contribution in [0.5, 0.6) is 5.75 Å². The van der Waals surface area contributed by atoms with E-state index in [4.69, 9.17) is 10.5 Å². The van der Waals surface area contributed by atoms with Crippen LogP contribution in [0.3, 0.4) is 0 Å². The van der Waals surface area contributed by atoms with Crippen LogP contribution in [0.25, 0.3) is 6.08 Å². The molecule has 1 aromatic carbocycles. The summed E-state index contributed by atoms with van der Waals surface area (Å²) in [5, 5.41) is 0. The zero-order valence-corrected chi connectivity index (χ0v) is 12.2. The molecule has 1 fully saturated rings. The number of ether oxygens (including phenoxy) is 1. The van der Waals surface area contributed by atoms with Gasteiger partial charge in [0, 0.05) is 19.2 Å². The predicted molar refractivity (Wildman–Crippen MR) is 80.3 cm³/mol. The molecule has 1 aromatic rings. The number of hydrogen-bond donors (Lipinski definition) is 1. The summed E-state index contributed by atoms with van der Waals surface area (Å²) in [5.74, 6) is 0.244. The normalized spacial score (nSPS) is 16.4. The molecule has 0 radical (unpaired) electrons. The standard InChI is InChI=1S/C16H21FN2O2/c1-21-15-4-2-12(10-14(15)17)3-5-16(20)19-8-6-13(11-18)7-9-19/h2-5,10,13H,6-9,11,18H2,1H3. The predicted octanol–water partition coefficient (Wildman–Crippen LogP) is 2.04. The fourth-order valence-electron chi connectivity index (χ4n) is 2.45. The van der Waals surface area contributed by atoms with Gasteiger partial charge in [0.1, 0.15) is 0 Å². The van der Waals surface area contributed by atoms with Gasteiger partial charge in [0.05, 0.1) is 7.11 Å². The minimum absolute atomic E-state index is 0.0401. The van der Waals surface area contributed by atoms with Crippen LogP contribution in [-0.4, -0.2) is 37.6 Å². The number of methoxy groups -OCH3 is 1. The number of nitrogens with two attached hydrogens (primary N) is 1. The summed E-state index contributed by atoms with van der Waals surface area (Å²) in [6.07, 6.45) is 5.02. The van der Waals surface area contributed by atoms with Crippen molar-refractivity contribution in [1.29, 1.82) is 0 Å². The summed E-state index contributed by atoms with van der Waals surface area (Å²) < 4.78 is 18.4. The lowest BCUT2D eigenvalue weighted by Gasteiger charge is -2.30. The van der Waals surface area contributed by atoms with Crippen LogP contribution in [0.2, 0.25) is 0 Å². The van der Waals surface area contributed by atoms with E-state index in [0.717, 1.165) is 25.9 Å². The second kappa shape index (κ2) is 7.22. The van der Waals surface area contributed by atoms with Crippen LogP contribution in [0, 0.1) is 11.7 Å². The van der Waals surface area contributed by atoms with E-state index in [2.05, 4.69) is 0 Å². The smallest absolute Gasteiger partial charge is 0.246 e.